The third kappa shape index (κ3) is 2.19. The van der Waals surface area contributed by atoms with E-state index in [2.05, 4.69) is 10.4 Å². The standard InChI is InChI=1S/C15H11ClFN3/c16-13-3-1-2-10-8-12(15(20-18)19-14(10)13)9-4-6-11(17)7-5-9/h1-8H,18H2,(H,19,20). The van der Waals surface area contributed by atoms with Crippen molar-refractivity contribution in [2.24, 2.45) is 5.84 Å². The molecule has 100 valence electrons. The number of benzene rings is 2. The zero-order valence-corrected chi connectivity index (χ0v) is 11.2. The molecule has 0 spiro atoms. The van der Waals surface area contributed by atoms with Gasteiger partial charge in [-0.05, 0) is 29.8 Å². The second kappa shape index (κ2) is 5.07. The number of halogens is 2. The van der Waals surface area contributed by atoms with Crippen molar-refractivity contribution in [3.05, 3.63) is 59.4 Å². The van der Waals surface area contributed by atoms with Gasteiger partial charge in [-0.2, -0.15) is 0 Å². The summed E-state index contributed by atoms with van der Waals surface area (Å²) in [6.45, 7) is 0. The van der Waals surface area contributed by atoms with Crippen LogP contribution in [0.5, 0.6) is 0 Å². The molecule has 3 nitrogen and oxygen atoms in total. The summed E-state index contributed by atoms with van der Waals surface area (Å²) >= 11 is 6.12. The molecule has 0 atom stereocenters. The van der Waals surface area contributed by atoms with Gasteiger partial charge in [-0.3, -0.25) is 0 Å². The van der Waals surface area contributed by atoms with Gasteiger partial charge >= 0.3 is 0 Å². The number of anilines is 1. The number of pyridine rings is 1. The van der Waals surface area contributed by atoms with E-state index in [1.54, 1.807) is 18.2 Å². The van der Waals surface area contributed by atoms with Crippen LogP contribution < -0.4 is 11.3 Å². The van der Waals surface area contributed by atoms with Crippen LogP contribution in [0.25, 0.3) is 22.0 Å². The molecule has 0 bridgehead atoms. The van der Waals surface area contributed by atoms with Gasteiger partial charge in [0, 0.05) is 10.9 Å². The summed E-state index contributed by atoms with van der Waals surface area (Å²) in [5.41, 5.74) is 4.86. The maximum Gasteiger partial charge on any atom is 0.148 e. The maximum absolute atomic E-state index is 13.0. The topological polar surface area (TPSA) is 50.9 Å². The number of aromatic nitrogens is 1. The molecule has 0 aliphatic rings. The SMILES string of the molecule is NNc1nc2c(Cl)cccc2cc1-c1ccc(F)cc1. The highest BCUT2D eigenvalue weighted by atomic mass is 35.5. The highest BCUT2D eigenvalue weighted by molar-refractivity contribution is 6.35. The van der Waals surface area contributed by atoms with Crippen molar-refractivity contribution in [1.29, 1.82) is 0 Å². The Morgan fingerprint density at radius 3 is 2.55 bits per heavy atom. The first-order valence-corrected chi connectivity index (χ1v) is 6.38. The zero-order chi connectivity index (χ0) is 14.1. The van der Waals surface area contributed by atoms with Crippen LogP contribution >= 0.6 is 11.6 Å². The lowest BCUT2D eigenvalue weighted by Crippen LogP contribution is -2.10. The van der Waals surface area contributed by atoms with Gasteiger partial charge in [-0.25, -0.2) is 15.2 Å². The molecule has 0 saturated heterocycles. The summed E-state index contributed by atoms with van der Waals surface area (Å²) in [5, 5.41) is 1.46. The lowest BCUT2D eigenvalue weighted by Gasteiger charge is -2.11. The van der Waals surface area contributed by atoms with E-state index in [9.17, 15) is 4.39 Å². The van der Waals surface area contributed by atoms with E-state index >= 15 is 0 Å². The molecular weight excluding hydrogens is 277 g/mol. The lowest BCUT2D eigenvalue weighted by molar-refractivity contribution is 0.628. The first-order valence-electron chi connectivity index (χ1n) is 6.01. The lowest BCUT2D eigenvalue weighted by atomic mass is 10.0. The second-order valence-corrected chi connectivity index (χ2v) is 4.75. The van der Waals surface area contributed by atoms with Crippen LogP contribution in [0.3, 0.4) is 0 Å². The Hall–Kier alpha value is -2.17. The molecule has 3 aromatic rings. The molecule has 3 rings (SSSR count). The Labute approximate surface area is 120 Å². The van der Waals surface area contributed by atoms with Crippen molar-refractivity contribution in [1.82, 2.24) is 4.98 Å². The molecule has 2 aromatic carbocycles. The van der Waals surface area contributed by atoms with Crippen molar-refractivity contribution < 1.29 is 4.39 Å². The van der Waals surface area contributed by atoms with Crippen LogP contribution in [0.2, 0.25) is 5.02 Å². The Balaban J connectivity index is 2.26. The molecule has 0 fully saturated rings. The van der Waals surface area contributed by atoms with E-state index in [1.165, 1.54) is 12.1 Å². The second-order valence-electron chi connectivity index (χ2n) is 4.35. The summed E-state index contributed by atoms with van der Waals surface area (Å²) in [7, 11) is 0. The van der Waals surface area contributed by atoms with E-state index in [1.807, 2.05) is 18.2 Å². The number of fused-ring (bicyclic) bond motifs is 1. The first-order chi connectivity index (χ1) is 9.69. The Morgan fingerprint density at radius 1 is 1.10 bits per heavy atom. The summed E-state index contributed by atoms with van der Waals surface area (Å²) in [4.78, 5) is 4.43. The number of nitrogens with two attached hydrogens (primary N) is 1. The molecule has 0 unspecified atom stereocenters. The van der Waals surface area contributed by atoms with Crippen LogP contribution in [0.15, 0.2) is 48.5 Å². The minimum atomic E-state index is -0.284. The number of para-hydroxylation sites is 1. The largest absolute Gasteiger partial charge is 0.308 e. The van der Waals surface area contributed by atoms with Crippen molar-refractivity contribution in [3.63, 3.8) is 0 Å². The van der Waals surface area contributed by atoms with Crippen LogP contribution in [-0.4, -0.2) is 4.98 Å². The van der Waals surface area contributed by atoms with E-state index in [4.69, 9.17) is 17.4 Å². The quantitative estimate of drug-likeness (QED) is 0.554. The molecule has 3 N–H and O–H groups in total. The Bertz CT molecular complexity index is 772. The van der Waals surface area contributed by atoms with Gasteiger partial charge in [-0.15, -0.1) is 0 Å². The molecule has 1 heterocycles. The van der Waals surface area contributed by atoms with Gasteiger partial charge in [0.2, 0.25) is 0 Å². The molecule has 0 aliphatic carbocycles. The van der Waals surface area contributed by atoms with Gasteiger partial charge in [0.15, 0.2) is 0 Å². The molecule has 0 saturated carbocycles. The van der Waals surface area contributed by atoms with Crippen molar-refractivity contribution in [2.75, 3.05) is 5.43 Å². The average Bonchev–Trinajstić information content (AvgIpc) is 2.47. The number of hydrogen-bond acceptors (Lipinski definition) is 3. The summed E-state index contributed by atoms with van der Waals surface area (Å²) < 4.78 is 13.0. The average molecular weight is 288 g/mol. The van der Waals surface area contributed by atoms with Crippen LogP contribution in [0.4, 0.5) is 10.2 Å². The predicted molar refractivity (Wildman–Crippen MR) is 80.0 cm³/mol. The third-order valence-corrected chi connectivity index (χ3v) is 3.39. The first kappa shape index (κ1) is 12.8. The molecule has 5 heteroatoms. The number of rotatable bonds is 2. The zero-order valence-electron chi connectivity index (χ0n) is 10.4. The summed E-state index contributed by atoms with van der Waals surface area (Å²) in [6.07, 6.45) is 0. The number of nitrogens with one attached hydrogen (secondary N) is 1. The van der Waals surface area contributed by atoms with Crippen LogP contribution in [0.1, 0.15) is 0 Å². The Morgan fingerprint density at radius 2 is 1.85 bits per heavy atom. The minimum absolute atomic E-state index is 0.284. The maximum atomic E-state index is 13.0. The van der Waals surface area contributed by atoms with Gasteiger partial charge in [0.25, 0.3) is 0 Å². The van der Waals surface area contributed by atoms with Gasteiger partial charge in [-0.1, -0.05) is 35.9 Å². The van der Waals surface area contributed by atoms with Gasteiger partial charge in [0.05, 0.1) is 10.5 Å². The summed E-state index contributed by atoms with van der Waals surface area (Å²) in [5.74, 6) is 5.74. The van der Waals surface area contributed by atoms with E-state index in [0.29, 0.717) is 16.4 Å². The monoisotopic (exact) mass is 287 g/mol. The normalized spacial score (nSPS) is 10.8. The highest BCUT2D eigenvalue weighted by Crippen LogP contribution is 2.32. The molecule has 20 heavy (non-hydrogen) atoms. The molecule has 0 radical (unpaired) electrons. The van der Waals surface area contributed by atoms with Crippen molar-refractivity contribution >= 4 is 28.3 Å². The van der Waals surface area contributed by atoms with Crippen LogP contribution in [-0.2, 0) is 0 Å². The number of nitrogen functional groups attached to an aromatic ring is 1. The van der Waals surface area contributed by atoms with E-state index in [-0.39, 0.29) is 5.82 Å². The van der Waals surface area contributed by atoms with E-state index in [0.717, 1.165) is 16.5 Å². The number of hydrogen-bond donors (Lipinski definition) is 2. The van der Waals surface area contributed by atoms with Gasteiger partial charge < -0.3 is 5.43 Å². The van der Waals surface area contributed by atoms with Crippen molar-refractivity contribution in [3.8, 4) is 11.1 Å². The molecule has 0 amide bonds. The molecular formula is C15H11ClFN3. The fourth-order valence-corrected chi connectivity index (χ4v) is 2.35. The van der Waals surface area contributed by atoms with E-state index < -0.39 is 0 Å². The third-order valence-electron chi connectivity index (χ3n) is 3.09. The number of nitrogens with zero attached hydrogens (tertiary/aromatic N) is 1. The fourth-order valence-electron chi connectivity index (χ4n) is 2.12. The molecule has 0 aliphatic heterocycles. The Kier molecular flexibility index (Phi) is 3.26. The highest BCUT2D eigenvalue weighted by Gasteiger charge is 2.10. The van der Waals surface area contributed by atoms with Gasteiger partial charge in [0.1, 0.15) is 11.6 Å². The fraction of sp³-hybridized carbons (Fsp3) is 0. The molecule has 1 aromatic heterocycles. The predicted octanol–water partition coefficient (Wildman–Crippen LogP) is 3.98. The number of hydrazine groups is 1. The van der Waals surface area contributed by atoms with Crippen LogP contribution in [0, 0.1) is 5.82 Å². The van der Waals surface area contributed by atoms with Crippen molar-refractivity contribution in [2.45, 2.75) is 0 Å². The smallest absolute Gasteiger partial charge is 0.148 e. The minimum Gasteiger partial charge on any atom is -0.308 e. The summed E-state index contributed by atoms with van der Waals surface area (Å²) in [6, 6.07) is 13.6.